The molecular formula is C27H30N2O2S. The molecule has 3 aromatic rings. The quantitative estimate of drug-likeness (QED) is 0.549. The van der Waals surface area contributed by atoms with Gasteiger partial charge in [0.05, 0.1) is 16.8 Å². The molecule has 1 atom stereocenters. The fourth-order valence-corrected chi connectivity index (χ4v) is 5.20. The van der Waals surface area contributed by atoms with E-state index in [0.717, 1.165) is 18.0 Å². The number of rotatable bonds is 6. The standard InChI is InChI=1S/C27H30N2O2S/c1-21(2)32(31)25-15-13-24(14-16-25)27(30)29-19-17-28(18-20-29)26(22-9-5-3-6-10-22)23-11-7-4-8-12-23/h3-16,21,26H,17-20H2,1-2H3. The van der Waals surface area contributed by atoms with E-state index in [1.165, 1.54) is 11.1 Å². The summed E-state index contributed by atoms with van der Waals surface area (Å²) in [6.07, 6.45) is 0. The number of carbonyl (C=O) groups excluding carboxylic acids is 1. The van der Waals surface area contributed by atoms with Crippen molar-refractivity contribution >= 4 is 16.7 Å². The maximum absolute atomic E-state index is 13.1. The number of benzene rings is 3. The molecule has 5 heteroatoms. The molecule has 1 saturated heterocycles. The lowest BCUT2D eigenvalue weighted by molar-refractivity contribution is 0.0597. The highest BCUT2D eigenvalue weighted by Gasteiger charge is 2.28. The molecule has 1 fully saturated rings. The van der Waals surface area contributed by atoms with Gasteiger partial charge in [-0.1, -0.05) is 74.5 Å². The molecule has 166 valence electrons. The Morgan fingerprint density at radius 3 is 1.72 bits per heavy atom. The number of carbonyl (C=O) groups is 1. The van der Waals surface area contributed by atoms with Crippen LogP contribution in [-0.2, 0) is 10.8 Å². The van der Waals surface area contributed by atoms with Gasteiger partial charge in [-0.3, -0.25) is 13.9 Å². The molecular weight excluding hydrogens is 416 g/mol. The first-order valence-corrected chi connectivity index (χ1v) is 12.4. The Balaban J connectivity index is 1.45. The zero-order chi connectivity index (χ0) is 22.5. The summed E-state index contributed by atoms with van der Waals surface area (Å²) in [7, 11) is -1.04. The molecule has 1 aliphatic heterocycles. The van der Waals surface area contributed by atoms with Gasteiger partial charge in [0.15, 0.2) is 0 Å². The van der Waals surface area contributed by atoms with Crippen LogP contribution in [-0.4, -0.2) is 51.3 Å². The van der Waals surface area contributed by atoms with Crippen LogP contribution < -0.4 is 0 Å². The monoisotopic (exact) mass is 446 g/mol. The molecule has 1 unspecified atom stereocenters. The third kappa shape index (κ3) is 5.00. The van der Waals surface area contributed by atoms with Gasteiger partial charge < -0.3 is 4.90 Å². The molecule has 4 nitrogen and oxygen atoms in total. The van der Waals surface area contributed by atoms with Crippen LogP contribution >= 0.6 is 0 Å². The molecule has 0 radical (unpaired) electrons. The van der Waals surface area contributed by atoms with Crippen LogP contribution in [0.4, 0.5) is 0 Å². The molecule has 1 aliphatic rings. The highest BCUT2D eigenvalue weighted by atomic mass is 32.2. The number of amides is 1. The number of piperazine rings is 1. The van der Waals surface area contributed by atoms with Crippen molar-refractivity contribution in [3.05, 3.63) is 102 Å². The van der Waals surface area contributed by atoms with Crippen molar-refractivity contribution in [3.8, 4) is 0 Å². The third-order valence-electron chi connectivity index (χ3n) is 5.96. The van der Waals surface area contributed by atoms with Crippen molar-refractivity contribution in [2.45, 2.75) is 30.0 Å². The summed E-state index contributed by atoms with van der Waals surface area (Å²) in [5, 5.41) is 0.0619. The van der Waals surface area contributed by atoms with Crippen LogP contribution in [0.15, 0.2) is 89.8 Å². The van der Waals surface area contributed by atoms with Crippen LogP contribution in [0.5, 0.6) is 0 Å². The van der Waals surface area contributed by atoms with Crippen molar-refractivity contribution < 1.29 is 9.00 Å². The lowest BCUT2D eigenvalue weighted by atomic mass is 9.96. The fraction of sp³-hybridized carbons (Fsp3) is 0.296. The van der Waals surface area contributed by atoms with Crippen molar-refractivity contribution in [1.82, 2.24) is 9.80 Å². The van der Waals surface area contributed by atoms with Gasteiger partial charge >= 0.3 is 0 Å². The van der Waals surface area contributed by atoms with Gasteiger partial charge in [-0.25, -0.2) is 0 Å². The summed E-state index contributed by atoms with van der Waals surface area (Å²) in [5.41, 5.74) is 3.20. The van der Waals surface area contributed by atoms with E-state index in [1.54, 1.807) is 12.1 Å². The molecule has 0 spiro atoms. The zero-order valence-corrected chi connectivity index (χ0v) is 19.5. The Morgan fingerprint density at radius 1 is 0.750 bits per heavy atom. The summed E-state index contributed by atoms with van der Waals surface area (Å²) in [5.74, 6) is 0.0440. The Hall–Kier alpha value is -2.76. The Labute approximate surface area is 193 Å². The minimum atomic E-state index is -1.04. The predicted octanol–water partition coefficient (Wildman–Crippen LogP) is 4.75. The maximum atomic E-state index is 13.1. The predicted molar refractivity (Wildman–Crippen MR) is 130 cm³/mol. The Morgan fingerprint density at radius 2 is 1.25 bits per heavy atom. The van der Waals surface area contributed by atoms with Gasteiger partial charge in [0, 0.05) is 41.9 Å². The molecule has 1 amide bonds. The first kappa shape index (κ1) is 22.4. The van der Waals surface area contributed by atoms with Gasteiger partial charge in [-0.05, 0) is 35.4 Å². The van der Waals surface area contributed by atoms with Crippen molar-refractivity contribution in [3.63, 3.8) is 0 Å². The fourth-order valence-electron chi connectivity index (χ4n) is 4.25. The third-order valence-corrected chi connectivity index (χ3v) is 7.55. The lowest BCUT2D eigenvalue weighted by Crippen LogP contribution is -2.49. The largest absolute Gasteiger partial charge is 0.336 e. The van der Waals surface area contributed by atoms with E-state index in [1.807, 2.05) is 43.0 Å². The lowest BCUT2D eigenvalue weighted by Gasteiger charge is -2.39. The highest BCUT2D eigenvalue weighted by Crippen LogP contribution is 2.29. The smallest absolute Gasteiger partial charge is 0.253 e. The topological polar surface area (TPSA) is 40.6 Å². The molecule has 0 saturated carbocycles. The second-order valence-electron chi connectivity index (χ2n) is 8.42. The van der Waals surface area contributed by atoms with E-state index in [0.29, 0.717) is 18.7 Å². The van der Waals surface area contributed by atoms with Crippen LogP contribution in [0.1, 0.15) is 41.4 Å². The van der Waals surface area contributed by atoms with Crippen LogP contribution in [0.3, 0.4) is 0 Å². The summed E-state index contributed by atoms with van der Waals surface area (Å²) in [4.78, 5) is 18.2. The van der Waals surface area contributed by atoms with E-state index in [9.17, 15) is 9.00 Å². The normalized spacial score (nSPS) is 15.8. The summed E-state index contributed by atoms with van der Waals surface area (Å²) in [6, 6.07) is 28.6. The van der Waals surface area contributed by atoms with Gasteiger partial charge in [-0.2, -0.15) is 0 Å². The van der Waals surface area contributed by atoms with Crippen molar-refractivity contribution in [2.75, 3.05) is 26.2 Å². The van der Waals surface area contributed by atoms with E-state index >= 15 is 0 Å². The number of nitrogens with zero attached hydrogens (tertiary/aromatic N) is 2. The molecule has 3 aromatic carbocycles. The second-order valence-corrected chi connectivity index (χ2v) is 10.4. The minimum absolute atomic E-state index is 0.0440. The Bertz CT molecular complexity index is 1000. The maximum Gasteiger partial charge on any atom is 0.253 e. The van der Waals surface area contributed by atoms with Gasteiger partial charge in [0.2, 0.25) is 0 Å². The molecule has 0 aliphatic carbocycles. The molecule has 0 bridgehead atoms. The van der Waals surface area contributed by atoms with Crippen LogP contribution in [0, 0.1) is 0 Å². The zero-order valence-electron chi connectivity index (χ0n) is 18.7. The van der Waals surface area contributed by atoms with Gasteiger partial charge in [-0.15, -0.1) is 0 Å². The van der Waals surface area contributed by atoms with Crippen molar-refractivity contribution in [1.29, 1.82) is 0 Å². The van der Waals surface area contributed by atoms with Crippen LogP contribution in [0.25, 0.3) is 0 Å². The van der Waals surface area contributed by atoms with E-state index in [4.69, 9.17) is 0 Å². The van der Waals surface area contributed by atoms with E-state index in [2.05, 4.69) is 53.4 Å². The van der Waals surface area contributed by atoms with E-state index in [-0.39, 0.29) is 17.2 Å². The average molecular weight is 447 g/mol. The molecule has 0 aromatic heterocycles. The summed E-state index contributed by atoms with van der Waals surface area (Å²) < 4.78 is 12.3. The highest BCUT2D eigenvalue weighted by molar-refractivity contribution is 7.85. The number of hydrogen-bond acceptors (Lipinski definition) is 3. The van der Waals surface area contributed by atoms with Gasteiger partial charge in [0.1, 0.15) is 0 Å². The molecule has 4 rings (SSSR count). The second kappa shape index (κ2) is 10.2. The average Bonchev–Trinajstić information content (AvgIpc) is 2.85. The minimum Gasteiger partial charge on any atom is -0.336 e. The number of hydrogen-bond donors (Lipinski definition) is 0. The molecule has 1 heterocycles. The molecule has 32 heavy (non-hydrogen) atoms. The van der Waals surface area contributed by atoms with Crippen molar-refractivity contribution in [2.24, 2.45) is 0 Å². The summed E-state index contributed by atoms with van der Waals surface area (Å²) in [6.45, 7) is 6.88. The first-order valence-electron chi connectivity index (χ1n) is 11.2. The first-order chi connectivity index (χ1) is 15.5. The SMILES string of the molecule is CC(C)S(=O)c1ccc(C(=O)N2CCN(C(c3ccccc3)c3ccccc3)CC2)cc1. The Kier molecular flexibility index (Phi) is 7.18. The molecule has 0 N–H and O–H groups in total. The summed E-state index contributed by atoms with van der Waals surface area (Å²) >= 11 is 0. The van der Waals surface area contributed by atoms with Gasteiger partial charge in [0.25, 0.3) is 5.91 Å². The van der Waals surface area contributed by atoms with Crippen LogP contribution in [0.2, 0.25) is 0 Å². The van der Waals surface area contributed by atoms with E-state index < -0.39 is 10.8 Å².